The molecule has 0 radical (unpaired) electrons. The summed E-state index contributed by atoms with van der Waals surface area (Å²) in [6.45, 7) is 2.73. The van der Waals surface area contributed by atoms with Gasteiger partial charge < -0.3 is 15.8 Å². The SMILES string of the molecule is CCCCOc1ccc(NC(=O)n2nc(N)c3cc([N+](=O)[O-])ccc32)cc1. The molecule has 0 bridgehead atoms. The summed E-state index contributed by atoms with van der Waals surface area (Å²) in [5.41, 5.74) is 6.63. The van der Waals surface area contributed by atoms with E-state index in [4.69, 9.17) is 10.5 Å². The fourth-order valence-corrected chi connectivity index (χ4v) is 2.54. The van der Waals surface area contributed by atoms with Crippen molar-refractivity contribution in [1.82, 2.24) is 9.78 Å². The van der Waals surface area contributed by atoms with E-state index in [1.54, 1.807) is 24.3 Å². The molecule has 3 N–H and O–H groups in total. The van der Waals surface area contributed by atoms with E-state index in [9.17, 15) is 14.9 Å². The van der Waals surface area contributed by atoms with Crippen LogP contribution >= 0.6 is 0 Å². The number of carbonyl (C=O) groups is 1. The van der Waals surface area contributed by atoms with Crippen molar-refractivity contribution in [2.24, 2.45) is 0 Å². The number of ether oxygens (including phenoxy) is 1. The first-order chi connectivity index (χ1) is 13.0. The molecule has 0 aliphatic rings. The largest absolute Gasteiger partial charge is 0.494 e. The number of hydrogen-bond acceptors (Lipinski definition) is 6. The highest BCUT2D eigenvalue weighted by Gasteiger charge is 2.17. The summed E-state index contributed by atoms with van der Waals surface area (Å²) in [5, 5.41) is 17.9. The van der Waals surface area contributed by atoms with Gasteiger partial charge in [0.05, 0.1) is 22.4 Å². The van der Waals surface area contributed by atoms with Gasteiger partial charge in [0.2, 0.25) is 0 Å². The van der Waals surface area contributed by atoms with E-state index in [0.717, 1.165) is 23.3 Å². The number of nitrogen functional groups attached to an aromatic ring is 1. The number of nitrogens with zero attached hydrogens (tertiary/aromatic N) is 3. The van der Waals surface area contributed by atoms with Crippen LogP contribution in [-0.2, 0) is 0 Å². The maximum Gasteiger partial charge on any atom is 0.347 e. The lowest BCUT2D eigenvalue weighted by atomic mass is 10.2. The molecule has 0 unspecified atom stereocenters. The molecule has 0 atom stereocenters. The van der Waals surface area contributed by atoms with Crippen LogP contribution in [0.3, 0.4) is 0 Å². The lowest BCUT2D eigenvalue weighted by Crippen LogP contribution is -2.20. The molecule has 0 fully saturated rings. The first-order valence-corrected chi connectivity index (χ1v) is 8.46. The molecule has 2 aromatic carbocycles. The number of benzene rings is 2. The predicted molar refractivity (Wildman–Crippen MR) is 102 cm³/mol. The van der Waals surface area contributed by atoms with E-state index in [-0.39, 0.29) is 11.5 Å². The van der Waals surface area contributed by atoms with Crippen molar-refractivity contribution >= 4 is 34.1 Å². The number of fused-ring (bicyclic) bond motifs is 1. The summed E-state index contributed by atoms with van der Waals surface area (Å²) in [5.74, 6) is 0.770. The maximum atomic E-state index is 12.5. The second-order valence-electron chi connectivity index (χ2n) is 5.91. The quantitative estimate of drug-likeness (QED) is 0.387. The lowest BCUT2D eigenvalue weighted by Gasteiger charge is -2.08. The predicted octanol–water partition coefficient (Wildman–Crippen LogP) is 3.79. The van der Waals surface area contributed by atoms with Gasteiger partial charge in [0.1, 0.15) is 5.75 Å². The van der Waals surface area contributed by atoms with Crippen LogP contribution < -0.4 is 15.8 Å². The van der Waals surface area contributed by atoms with E-state index >= 15 is 0 Å². The minimum Gasteiger partial charge on any atom is -0.494 e. The number of nitro benzene ring substituents is 1. The summed E-state index contributed by atoms with van der Waals surface area (Å²) >= 11 is 0. The van der Waals surface area contributed by atoms with Crippen molar-refractivity contribution in [3.8, 4) is 5.75 Å². The molecule has 27 heavy (non-hydrogen) atoms. The number of unbranched alkanes of at least 4 members (excludes halogenated alkanes) is 1. The van der Waals surface area contributed by atoms with E-state index in [1.807, 2.05) is 0 Å². The number of carbonyl (C=O) groups excluding carboxylic acids is 1. The molecule has 1 amide bonds. The Morgan fingerprint density at radius 3 is 2.70 bits per heavy atom. The van der Waals surface area contributed by atoms with Gasteiger partial charge in [-0.1, -0.05) is 13.3 Å². The van der Waals surface area contributed by atoms with Crippen molar-refractivity contribution < 1.29 is 14.5 Å². The smallest absolute Gasteiger partial charge is 0.347 e. The normalized spacial score (nSPS) is 10.7. The molecule has 3 rings (SSSR count). The average molecular weight is 369 g/mol. The van der Waals surface area contributed by atoms with Gasteiger partial charge in [0.15, 0.2) is 5.82 Å². The molecule has 1 aromatic heterocycles. The highest BCUT2D eigenvalue weighted by Crippen LogP contribution is 2.26. The molecule has 0 aliphatic heterocycles. The van der Waals surface area contributed by atoms with Gasteiger partial charge in [0, 0.05) is 17.8 Å². The standard InChI is InChI=1S/C18H19N5O4/c1-2-3-10-27-14-7-4-12(5-8-14)20-18(24)22-16-9-6-13(23(25)26)11-15(16)17(19)21-22/h4-9,11H,2-3,10H2,1H3,(H2,19,21)(H,20,24). The third kappa shape index (κ3) is 3.97. The molecule has 0 saturated heterocycles. The minimum absolute atomic E-state index is 0.0449. The van der Waals surface area contributed by atoms with Crippen LogP contribution in [0.4, 0.5) is 22.0 Å². The Kier molecular flexibility index (Phi) is 5.20. The highest BCUT2D eigenvalue weighted by molar-refractivity contribution is 6.01. The van der Waals surface area contributed by atoms with Gasteiger partial charge in [-0.2, -0.15) is 4.68 Å². The molecule has 1 heterocycles. The third-order valence-corrected chi connectivity index (χ3v) is 3.97. The van der Waals surface area contributed by atoms with Crippen LogP contribution in [0.5, 0.6) is 5.75 Å². The monoisotopic (exact) mass is 369 g/mol. The number of rotatable bonds is 6. The Balaban J connectivity index is 1.77. The second kappa shape index (κ2) is 7.73. The highest BCUT2D eigenvalue weighted by atomic mass is 16.6. The van der Waals surface area contributed by atoms with Crippen molar-refractivity contribution in [3.05, 3.63) is 52.6 Å². The Bertz CT molecular complexity index is 981. The summed E-state index contributed by atoms with van der Waals surface area (Å²) < 4.78 is 6.66. The zero-order valence-electron chi connectivity index (χ0n) is 14.7. The van der Waals surface area contributed by atoms with Crippen LogP contribution in [0.2, 0.25) is 0 Å². The summed E-state index contributed by atoms with van der Waals surface area (Å²) in [6, 6.07) is 10.5. The fraction of sp³-hybridized carbons (Fsp3) is 0.222. The van der Waals surface area contributed by atoms with E-state index in [2.05, 4.69) is 17.3 Å². The van der Waals surface area contributed by atoms with Crippen LogP contribution in [0.1, 0.15) is 19.8 Å². The number of non-ortho nitro benzene ring substituents is 1. The molecule has 0 saturated carbocycles. The van der Waals surface area contributed by atoms with Crippen LogP contribution in [0.25, 0.3) is 10.9 Å². The van der Waals surface area contributed by atoms with Crippen LogP contribution in [0, 0.1) is 10.1 Å². The number of amides is 1. The van der Waals surface area contributed by atoms with E-state index < -0.39 is 11.0 Å². The first kappa shape index (κ1) is 18.2. The Hall–Kier alpha value is -3.62. The van der Waals surface area contributed by atoms with E-state index in [1.165, 1.54) is 18.2 Å². The fourth-order valence-electron chi connectivity index (χ4n) is 2.54. The van der Waals surface area contributed by atoms with Gasteiger partial charge in [-0.3, -0.25) is 10.1 Å². The van der Waals surface area contributed by atoms with E-state index in [0.29, 0.717) is 23.2 Å². The van der Waals surface area contributed by atoms with Gasteiger partial charge in [0.25, 0.3) is 5.69 Å². The van der Waals surface area contributed by atoms with Crippen molar-refractivity contribution in [3.63, 3.8) is 0 Å². The third-order valence-electron chi connectivity index (χ3n) is 3.97. The molecule has 9 heteroatoms. The van der Waals surface area contributed by atoms with Gasteiger partial charge >= 0.3 is 6.03 Å². The Morgan fingerprint density at radius 2 is 2.04 bits per heavy atom. The van der Waals surface area contributed by atoms with Gasteiger partial charge in [-0.05, 0) is 36.8 Å². The number of anilines is 2. The topological polar surface area (TPSA) is 125 Å². The Morgan fingerprint density at radius 1 is 1.30 bits per heavy atom. The lowest BCUT2D eigenvalue weighted by molar-refractivity contribution is -0.384. The molecule has 0 spiro atoms. The number of hydrogen-bond donors (Lipinski definition) is 2. The summed E-state index contributed by atoms with van der Waals surface area (Å²) in [4.78, 5) is 22.9. The number of nitro groups is 1. The second-order valence-corrected chi connectivity index (χ2v) is 5.91. The van der Waals surface area contributed by atoms with Gasteiger partial charge in [-0.15, -0.1) is 5.10 Å². The minimum atomic E-state index is -0.527. The average Bonchev–Trinajstić information content (AvgIpc) is 3.00. The zero-order chi connectivity index (χ0) is 19.4. The molecular weight excluding hydrogens is 350 g/mol. The Labute approximate surface area is 154 Å². The zero-order valence-corrected chi connectivity index (χ0v) is 14.7. The molecule has 9 nitrogen and oxygen atoms in total. The van der Waals surface area contributed by atoms with Crippen molar-refractivity contribution in [1.29, 1.82) is 0 Å². The van der Waals surface area contributed by atoms with Crippen molar-refractivity contribution in [2.45, 2.75) is 19.8 Å². The molecular formula is C18H19N5O4. The number of nitrogens with one attached hydrogen (secondary N) is 1. The molecule has 0 aliphatic carbocycles. The van der Waals surface area contributed by atoms with Gasteiger partial charge in [-0.25, -0.2) is 4.79 Å². The van der Waals surface area contributed by atoms with Crippen LogP contribution in [-0.4, -0.2) is 27.3 Å². The maximum absolute atomic E-state index is 12.5. The number of nitrogens with two attached hydrogens (primary N) is 1. The van der Waals surface area contributed by atoms with Crippen LogP contribution in [0.15, 0.2) is 42.5 Å². The molecule has 3 aromatic rings. The molecule has 140 valence electrons. The first-order valence-electron chi connectivity index (χ1n) is 8.46. The van der Waals surface area contributed by atoms with Crippen molar-refractivity contribution in [2.75, 3.05) is 17.7 Å². The summed E-state index contributed by atoms with van der Waals surface area (Å²) in [7, 11) is 0. The number of aromatic nitrogens is 2. The summed E-state index contributed by atoms with van der Waals surface area (Å²) in [6.07, 6.45) is 2.03.